The number of nitrogens with zero attached hydrogens (tertiary/aromatic N) is 1. The standard InChI is InChI=1S/C46H83NO5/c1-6-8-10-12-14-16-18-20-26-32-42(3)49-34-28-22-23-29-35-50-44-38-43(41-47(4)5)39-45(40-44)51-36-30-24-25-31-37-52-46(48)33-27-21-19-17-15-13-11-9-7-2/h38-40H,3,6-37,41H2,1-2,4-5H3. The number of unbranched alkanes of at least 4 members (excludes halogenated alkanes) is 22. The van der Waals surface area contributed by atoms with Gasteiger partial charge in [-0.3, -0.25) is 4.79 Å². The van der Waals surface area contributed by atoms with E-state index >= 15 is 0 Å². The zero-order chi connectivity index (χ0) is 37.7. The van der Waals surface area contributed by atoms with Crippen LogP contribution < -0.4 is 9.47 Å². The summed E-state index contributed by atoms with van der Waals surface area (Å²) in [7, 11) is 4.16. The summed E-state index contributed by atoms with van der Waals surface area (Å²) < 4.78 is 23.7. The number of rotatable bonds is 39. The van der Waals surface area contributed by atoms with Crippen molar-refractivity contribution in [3.05, 3.63) is 36.1 Å². The van der Waals surface area contributed by atoms with Crippen molar-refractivity contribution in [3.63, 3.8) is 0 Å². The molecule has 0 aromatic heterocycles. The number of carbonyl (C=O) groups is 1. The number of allylic oxidation sites excluding steroid dienone is 1. The van der Waals surface area contributed by atoms with E-state index in [0.717, 1.165) is 101 Å². The van der Waals surface area contributed by atoms with E-state index in [0.29, 0.717) is 26.2 Å². The lowest BCUT2D eigenvalue weighted by molar-refractivity contribution is -0.143. The van der Waals surface area contributed by atoms with Crippen LogP contribution in [0.2, 0.25) is 0 Å². The minimum absolute atomic E-state index is 0.0341. The maximum Gasteiger partial charge on any atom is 0.305 e. The summed E-state index contributed by atoms with van der Waals surface area (Å²) in [5, 5.41) is 0. The van der Waals surface area contributed by atoms with E-state index in [1.54, 1.807) is 0 Å². The minimum Gasteiger partial charge on any atom is -0.499 e. The first-order valence-corrected chi connectivity index (χ1v) is 21.9. The summed E-state index contributed by atoms with van der Waals surface area (Å²) in [6, 6.07) is 6.29. The van der Waals surface area contributed by atoms with Crippen LogP contribution in [-0.2, 0) is 20.8 Å². The molecule has 0 atom stereocenters. The van der Waals surface area contributed by atoms with E-state index in [9.17, 15) is 4.79 Å². The fraction of sp³-hybridized carbons (Fsp3) is 0.804. The molecule has 0 N–H and O–H groups in total. The molecule has 0 radical (unpaired) electrons. The van der Waals surface area contributed by atoms with E-state index < -0.39 is 0 Å². The first kappa shape index (κ1) is 47.8. The van der Waals surface area contributed by atoms with Crippen LogP contribution in [0.5, 0.6) is 11.5 Å². The zero-order valence-corrected chi connectivity index (χ0v) is 34.8. The quantitative estimate of drug-likeness (QED) is 0.0382. The molecule has 1 rings (SSSR count). The van der Waals surface area contributed by atoms with Gasteiger partial charge in [-0.25, -0.2) is 0 Å². The summed E-state index contributed by atoms with van der Waals surface area (Å²) in [6.07, 6.45) is 33.4. The van der Waals surface area contributed by atoms with E-state index in [1.165, 1.54) is 108 Å². The second-order valence-corrected chi connectivity index (χ2v) is 15.3. The lowest BCUT2D eigenvalue weighted by Crippen LogP contribution is -2.11. The largest absolute Gasteiger partial charge is 0.499 e. The highest BCUT2D eigenvalue weighted by molar-refractivity contribution is 5.69. The number of carbonyl (C=O) groups excluding carboxylic acids is 1. The van der Waals surface area contributed by atoms with Gasteiger partial charge in [0.05, 0.1) is 32.2 Å². The number of hydrogen-bond donors (Lipinski definition) is 0. The summed E-state index contributed by atoms with van der Waals surface area (Å²) in [4.78, 5) is 14.2. The lowest BCUT2D eigenvalue weighted by Gasteiger charge is -2.15. The Labute approximate surface area is 322 Å². The molecule has 0 spiro atoms. The highest BCUT2D eigenvalue weighted by Crippen LogP contribution is 2.25. The van der Waals surface area contributed by atoms with Crippen molar-refractivity contribution in [3.8, 4) is 11.5 Å². The molecular formula is C46H83NO5. The highest BCUT2D eigenvalue weighted by atomic mass is 16.5. The Kier molecular flexibility index (Phi) is 32.9. The summed E-state index contributed by atoms with van der Waals surface area (Å²) in [6.45, 7) is 12.2. The second-order valence-electron chi connectivity index (χ2n) is 15.3. The summed E-state index contributed by atoms with van der Waals surface area (Å²) >= 11 is 0. The van der Waals surface area contributed by atoms with Crippen LogP contribution in [0.3, 0.4) is 0 Å². The third-order valence-electron chi connectivity index (χ3n) is 9.67. The monoisotopic (exact) mass is 730 g/mol. The van der Waals surface area contributed by atoms with Crippen molar-refractivity contribution in [2.24, 2.45) is 0 Å². The van der Waals surface area contributed by atoms with Crippen molar-refractivity contribution in [2.75, 3.05) is 40.5 Å². The Morgan fingerprint density at radius 1 is 0.500 bits per heavy atom. The van der Waals surface area contributed by atoms with Crippen molar-refractivity contribution in [1.29, 1.82) is 0 Å². The average molecular weight is 730 g/mol. The molecule has 302 valence electrons. The number of benzene rings is 1. The lowest BCUT2D eigenvalue weighted by atomic mass is 10.1. The Morgan fingerprint density at radius 3 is 1.35 bits per heavy atom. The zero-order valence-electron chi connectivity index (χ0n) is 34.8. The molecule has 0 heterocycles. The predicted molar refractivity (Wildman–Crippen MR) is 221 cm³/mol. The van der Waals surface area contributed by atoms with Crippen LogP contribution >= 0.6 is 0 Å². The minimum atomic E-state index is -0.0341. The van der Waals surface area contributed by atoms with Gasteiger partial charge in [0.1, 0.15) is 11.5 Å². The number of hydrogen-bond acceptors (Lipinski definition) is 6. The van der Waals surface area contributed by atoms with Gasteiger partial charge in [-0.15, -0.1) is 0 Å². The molecule has 1 aromatic rings. The van der Waals surface area contributed by atoms with Crippen LogP contribution in [0.25, 0.3) is 0 Å². The molecule has 0 bridgehead atoms. The highest BCUT2D eigenvalue weighted by Gasteiger charge is 2.07. The second kappa shape index (κ2) is 35.8. The Morgan fingerprint density at radius 2 is 0.885 bits per heavy atom. The van der Waals surface area contributed by atoms with Crippen molar-refractivity contribution in [2.45, 2.75) is 200 Å². The molecule has 0 saturated carbocycles. The SMILES string of the molecule is C=C(CCCCCCCCCCC)OCCCCCCOc1cc(CN(C)C)cc(OCCCCCCOC(=O)CCCCCCCCCCC)c1. The van der Waals surface area contributed by atoms with Gasteiger partial charge in [0.25, 0.3) is 0 Å². The van der Waals surface area contributed by atoms with Gasteiger partial charge < -0.3 is 23.8 Å². The molecule has 52 heavy (non-hydrogen) atoms. The van der Waals surface area contributed by atoms with E-state index in [4.69, 9.17) is 18.9 Å². The predicted octanol–water partition coefficient (Wildman–Crippen LogP) is 13.5. The van der Waals surface area contributed by atoms with E-state index in [1.807, 2.05) is 6.07 Å². The maximum absolute atomic E-state index is 12.0. The molecule has 0 fully saturated rings. The molecule has 6 heteroatoms. The normalized spacial score (nSPS) is 11.2. The van der Waals surface area contributed by atoms with Gasteiger partial charge in [0, 0.05) is 25.5 Å². The molecule has 0 unspecified atom stereocenters. The smallest absolute Gasteiger partial charge is 0.305 e. The maximum atomic E-state index is 12.0. The molecule has 0 amide bonds. The van der Waals surface area contributed by atoms with Gasteiger partial charge >= 0.3 is 5.97 Å². The van der Waals surface area contributed by atoms with Gasteiger partial charge in [-0.2, -0.15) is 0 Å². The van der Waals surface area contributed by atoms with Gasteiger partial charge in [0.15, 0.2) is 0 Å². The fourth-order valence-corrected chi connectivity index (χ4v) is 6.51. The van der Waals surface area contributed by atoms with Crippen molar-refractivity contribution >= 4 is 5.97 Å². The number of ether oxygens (including phenoxy) is 4. The van der Waals surface area contributed by atoms with Crippen LogP contribution in [0.15, 0.2) is 30.5 Å². The molecule has 0 aliphatic rings. The van der Waals surface area contributed by atoms with Crippen LogP contribution in [0.4, 0.5) is 0 Å². The molecule has 6 nitrogen and oxygen atoms in total. The summed E-state index contributed by atoms with van der Waals surface area (Å²) in [5.41, 5.74) is 1.20. The third kappa shape index (κ3) is 31.3. The van der Waals surface area contributed by atoms with Crippen LogP contribution in [0, 0.1) is 0 Å². The topological polar surface area (TPSA) is 57.2 Å². The van der Waals surface area contributed by atoms with Crippen LogP contribution in [-0.4, -0.2) is 51.4 Å². The van der Waals surface area contributed by atoms with Gasteiger partial charge in [-0.1, -0.05) is 123 Å². The van der Waals surface area contributed by atoms with Gasteiger partial charge in [0.2, 0.25) is 0 Å². The average Bonchev–Trinajstić information content (AvgIpc) is 3.12. The van der Waals surface area contributed by atoms with Gasteiger partial charge in [-0.05, 0) is 96.0 Å². The molecule has 1 aromatic carbocycles. The first-order chi connectivity index (χ1) is 25.4. The molecular weight excluding hydrogens is 647 g/mol. The van der Waals surface area contributed by atoms with Crippen molar-refractivity contribution < 1.29 is 23.7 Å². The Bertz CT molecular complexity index is 896. The van der Waals surface area contributed by atoms with Crippen molar-refractivity contribution in [1.82, 2.24) is 4.90 Å². The first-order valence-electron chi connectivity index (χ1n) is 21.9. The van der Waals surface area contributed by atoms with E-state index in [-0.39, 0.29) is 5.97 Å². The fourth-order valence-electron chi connectivity index (χ4n) is 6.51. The molecule has 0 aliphatic carbocycles. The van der Waals surface area contributed by atoms with E-state index in [2.05, 4.69) is 51.6 Å². The number of esters is 1. The van der Waals surface area contributed by atoms with Crippen LogP contribution in [0.1, 0.15) is 199 Å². The summed E-state index contributed by atoms with van der Waals surface area (Å²) in [5.74, 6) is 2.68. The molecule has 0 aliphatic heterocycles. The Hall–Kier alpha value is -2.21. The molecule has 0 saturated heterocycles. The third-order valence-corrected chi connectivity index (χ3v) is 9.67. The Balaban J connectivity index is 2.11.